The molecule has 5 heteroatoms. The third kappa shape index (κ3) is 4.42. The molecular formula is C22H21N3O2. The minimum atomic E-state index is -0.245. The van der Waals surface area contributed by atoms with Gasteiger partial charge in [0.15, 0.2) is 0 Å². The molecule has 0 aliphatic heterocycles. The van der Waals surface area contributed by atoms with Crippen molar-refractivity contribution >= 4 is 5.97 Å². The van der Waals surface area contributed by atoms with Gasteiger partial charge in [-0.25, -0.2) is 4.68 Å². The van der Waals surface area contributed by atoms with E-state index in [0.29, 0.717) is 18.4 Å². The summed E-state index contributed by atoms with van der Waals surface area (Å²) >= 11 is 0. The van der Waals surface area contributed by atoms with Crippen LogP contribution in [0.25, 0.3) is 5.69 Å². The normalized spacial score (nSPS) is 10.4. The molecule has 0 radical (unpaired) electrons. The lowest BCUT2D eigenvalue weighted by Crippen LogP contribution is -2.07. The van der Waals surface area contributed by atoms with Crippen LogP contribution in [0.2, 0.25) is 0 Å². The van der Waals surface area contributed by atoms with E-state index in [9.17, 15) is 4.79 Å². The molecule has 27 heavy (non-hydrogen) atoms. The van der Waals surface area contributed by atoms with Crippen molar-refractivity contribution < 1.29 is 9.53 Å². The molecule has 1 aromatic heterocycles. The maximum Gasteiger partial charge on any atom is 0.306 e. The fourth-order valence-corrected chi connectivity index (χ4v) is 3.00. The molecule has 0 atom stereocenters. The smallest absolute Gasteiger partial charge is 0.306 e. The van der Waals surface area contributed by atoms with E-state index in [0.717, 1.165) is 28.2 Å². The number of hydrogen-bond donors (Lipinski definition) is 0. The highest BCUT2D eigenvalue weighted by Crippen LogP contribution is 2.19. The highest BCUT2D eigenvalue weighted by atomic mass is 16.5. The van der Waals surface area contributed by atoms with Crippen molar-refractivity contribution in [2.24, 2.45) is 0 Å². The Bertz CT molecular complexity index is 967. The molecule has 2 aromatic carbocycles. The van der Waals surface area contributed by atoms with Crippen LogP contribution in [-0.4, -0.2) is 15.7 Å². The lowest BCUT2D eigenvalue weighted by Gasteiger charge is -2.07. The van der Waals surface area contributed by atoms with E-state index < -0.39 is 0 Å². The van der Waals surface area contributed by atoms with Crippen LogP contribution >= 0.6 is 0 Å². The van der Waals surface area contributed by atoms with Gasteiger partial charge >= 0.3 is 5.97 Å². The average Bonchev–Trinajstić information content (AvgIpc) is 2.99. The second kappa shape index (κ2) is 8.33. The molecule has 3 aromatic rings. The molecule has 0 fully saturated rings. The van der Waals surface area contributed by atoms with Crippen LogP contribution in [0.15, 0.2) is 54.6 Å². The Morgan fingerprint density at radius 3 is 2.48 bits per heavy atom. The highest BCUT2D eigenvalue weighted by Gasteiger charge is 2.14. The van der Waals surface area contributed by atoms with Crippen molar-refractivity contribution in [2.75, 3.05) is 0 Å². The van der Waals surface area contributed by atoms with Crippen LogP contribution in [0, 0.1) is 25.2 Å². The molecule has 0 saturated carbocycles. The lowest BCUT2D eigenvalue weighted by atomic mass is 10.1. The largest absolute Gasteiger partial charge is 0.461 e. The predicted octanol–water partition coefficient (Wildman–Crippen LogP) is 4.04. The van der Waals surface area contributed by atoms with Crippen molar-refractivity contribution in [1.82, 2.24) is 9.78 Å². The summed E-state index contributed by atoms with van der Waals surface area (Å²) < 4.78 is 7.25. The molecule has 0 spiro atoms. The van der Waals surface area contributed by atoms with E-state index in [2.05, 4.69) is 11.2 Å². The van der Waals surface area contributed by atoms with Crippen molar-refractivity contribution in [1.29, 1.82) is 5.26 Å². The van der Waals surface area contributed by atoms with Gasteiger partial charge in [-0.05, 0) is 55.7 Å². The predicted molar refractivity (Wildman–Crippen MR) is 102 cm³/mol. The zero-order chi connectivity index (χ0) is 19.2. The highest BCUT2D eigenvalue weighted by molar-refractivity contribution is 5.69. The van der Waals surface area contributed by atoms with Gasteiger partial charge in [-0.15, -0.1) is 0 Å². The zero-order valence-corrected chi connectivity index (χ0v) is 15.5. The summed E-state index contributed by atoms with van der Waals surface area (Å²) in [6, 6.07) is 19.0. The number of aromatic nitrogens is 2. The summed E-state index contributed by atoms with van der Waals surface area (Å²) in [5, 5.41) is 13.4. The number of nitriles is 1. The molecule has 1 heterocycles. The average molecular weight is 359 g/mol. The first-order chi connectivity index (χ1) is 13.1. The number of para-hydroxylation sites is 1. The first-order valence-electron chi connectivity index (χ1n) is 8.83. The van der Waals surface area contributed by atoms with Crippen molar-refractivity contribution in [3.63, 3.8) is 0 Å². The third-order valence-corrected chi connectivity index (χ3v) is 4.50. The maximum absolute atomic E-state index is 12.1. The monoisotopic (exact) mass is 359 g/mol. The van der Waals surface area contributed by atoms with E-state index in [1.54, 1.807) is 24.3 Å². The van der Waals surface area contributed by atoms with Gasteiger partial charge in [-0.3, -0.25) is 4.79 Å². The number of esters is 1. The Kier molecular flexibility index (Phi) is 5.68. The van der Waals surface area contributed by atoms with Gasteiger partial charge in [0, 0.05) is 12.1 Å². The van der Waals surface area contributed by atoms with Crippen molar-refractivity contribution in [2.45, 2.75) is 33.3 Å². The summed E-state index contributed by atoms with van der Waals surface area (Å²) in [5.74, 6) is -0.245. The fraction of sp³-hybridized carbons (Fsp3) is 0.227. The van der Waals surface area contributed by atoms with Gasteiger partial charge in [-0.1, -0.05) is 30.3 Å². The molecule has 136 valence electrons. The molecule has 0 bridgehead atoms. The topological polar surface area (TPSA) is 67.9 Å². The Hall–Kier alpha value is -3.39. The number of ether oxygens (including phenoxy) is 1. The van der Waals surface area contributed by atoms with E-state index in [1.807, 2.05) is 48.9 Å². The van der Waals surface area contributed by atoms with Gasteiger partial charge in [0.05, 0.1) is 23.0 Å². The third-order valence-electron chi connectivity index (χ3n) is 4.50. The van der Waals surface area contributed by atoms with Crippen LogP contribution in [0.5, 0.6) is 0 Å². The Labute approximate surface area is 158 Å². The van der Waals surface area contributed by atoms with Crippen molar-refractivity contribution in [3.8, 4) is 11.8 Å². The number of rotatable bonds is 6. The number of carbonyl (C=O) groups is 1. The minimum Gasteiger partial charge on any atom is -0.461 e. The first-order valence-corrected chi connectivity index (χ1v) is 8.83. The van der Waals surface area contributed by atoms with Crippen LogP contribution < -0.4 is 0 Å². The Morgan fingerprint density at radius 2 is 1.81 bits per heavy atom. The molecule has 0 saturated heterocycles. The van der Waals surface area contributed by atoms with E-state index in [1.165, 1.54) is 0 Å². The molecular weight excluding hydrogens is 338 g/mol. The summed E-state index contributed by atoms with van der Waals surface area (Å²) in [6.45, 7) is 4.19. The lowest BCUT2D eigenvalue weighted by molar-refractivity contribution is -0.144. The van der Waals surface area contributed by atoms with Crippen molar-refractivity contribution in [3.05, 3.63) is 82.7 Å². The SMILES string of the molecule is Cc1nn(-c2ccccc2)c(C)c1CCC(=O)OCc1ccc(C#N)cc1. The zero-order valence-electron chi connectivity index (χ0n) is 15.5. The van der Waals surface area contributed by atoms with E-state index in [4.69, 9.17) is 10.00 Å². The van der Waals surface area contributed by atoms with Gasteiger partial charge < -0.3 is 4.74 Å². The molecule has 0 unspecified atom stereocenters. The second-order valence-electron chi connectivity index (χ2n) is 6.37. The Balaban J connectivity index is 1.59. The van der Waals surface area contributed by atoms with Gasteiger partial charge in [-0.2, -0.15) is 10.4 Å². The minimum absolute atomic E-state index is 0.214. The number of carbonyl (C=O) groups excluding carboxylic acids is 1. The summed E-state index contributed by atoms with van der Waals surface area (Å²) in [5.41, 5.74) is 5.51. The van der Waals surface area contributed by atoms with E-state index >= 15 is 0 Å². The number of nitrogens with zero attached hydrogens (tertiary/aromatic N) is 3. The van der Waals surface area contributed by atoms with Gasteiger partial charge in [0.25, 0.3) is 0 Å². The Morgan fingerprint density at radius 1 is 1.11 bits per heavy atom. The van der Waals surface area contributed by atoms with Crippen LogP contribution in [0.3, 0.4) is 0 Å². The van der Waals surface area contributed by atoms with Crippen LogP contribution in [0.1, 0.15) is 34.5 Å². The summed E-state index contributed by atoms with van der Waals surface area (Å²) in [7, 11) is 0. The number of hydrogen-bond acceptors (Lipinski definition) is 4. The number of benzene rings is 2. The quantitative estimate of drug-likeness (QED) is 0.623. The first kappa shape index (κ1) is 18.4. The fourth-order valence-electron chi connectivity index (χ4n) is 3.00. The molecule has 0 aliphatic carbocycles. The summed E-state index contributed by atoms with van der Waals surface area (Å²) in [6.07, 6.45) is 0.898. The molecule has 0 amide bonds. The summed E-state index contributed by atoms with van der Waals surface area (Å²) in [4.78, 5) is 12.1. The maximum atomic E-state index is 12.1. The van der Waals surface area contributed by atoms with E-state index in [-0.39, 0.29) is 12.6 Å². The molecule has 0 aliphatic rings. The molecule has 3 rings (SSSR count). The molecule has 5 nitrogen and oxygen atoms in total. The second-order valence-corrected chi connectivity index (χ2v) is 6.37. The van der Waals surface area contributed by atoms with Gasteiger partial charge in [0.1, 0.15) is 6.61 Å². The van der Waals surface area contributed by atoms with Gasteiger partial charge in [0.2, 0.25) is 0 Å². The molecule has 0 N–H and O–H groups in total. The standard InChI is InChI=1S/C22H21N3O2/c1-16-21(17(2)25(24-16)20-6-4-3-5-7-20)12-13-22(26)27-15-19-10-8-18(14-23)9-11-19/h3-11H,12-13,15H2,1-2H3. The van der Waals surface area contributed by atoms with Crippen LogP contribution in [-0.2, 0) is 22.6 Å². The number of aryl methyl sites for hydroxylation is 1. The van der Waals surface area contributed by atoms with Crippen LogP contribution in [0.4, 0.5) is 0 Å².